The lowest BCUT2D eigenvalue weighted by molar-refractivity contribution is -0.133. The van der Waals surface area contributed by atoms with Crippen LogP contribution in [-0.4, -0.2) is 33.9 Å². The highest BCUT2D eigenvalue weighted by molar-refractivity contribution is 7.99. The van der Waals surface area contributed by atoms with Crippen LogP contribution in [0, 0.1) is 0 Å². The fraction of sp³-hybridized carbons (Fsp3) is 0.154. The van der Waals surface area contributed by atoms with E-state index in [9.17, 15) is 9.59 Å². The van der Waals surface area contributed by atoms with Crippen LogP contribution in [-0.2, 0) is 4.79 Å². The largest absolute Gasteiger partial charge is 0.497 e. The number of nitrogens with one attached hydrogen (secondary N) is 1. The Morgan fingerprint density at radius 2 is 2.10 bits per heavy atom. The van der Waals surface area contributed by atoms with Crippen molar-refractivity contribution < 1.29 is 14.6 Å². The van der Waals surface area contributed by atoms with Crippen LogP contribution in [0.25, 0.3) is 11.3 Å². The first kappa shape index (κ1) is 14.1. The molecule has 1 aromatic heterocycles. The monoisotopic (exact) mass is 292 g/mol. The molecule has 0 saturated heterocycles. The number of hydrogen-bond acceptors (Lipinski definition) is 5. The maximum Gasteiger partial charge on any atom is 0.313 e. The summed E-state index contributed by atoms with van der Waals surface area (Å²) in [6.07, 6.45) is 0. The van der Waals surface area contributed by atoms with Crippen LogP contribution >= 0.6 is 11.8 Å². The van der Waals surface area contributed by atoms with Gasteiger partial charge in [-0.2, -0.15) is 0 Å². The van der Waals surface area contributed by atoms with Crippen LogP contribution in [0.1, 0.15) is 0 Å². The number of thioether (sulfide) groups is 1. The number of carboxylic acid groups (broad SMARTS) is 1. The summed E-state index contributed by atoms with van der Waals surface area (Å²) in [7, 11) is 1.57. The highest BCUT2D eigenvalue weighted by Crippen LogP contribution is 2.21. The minimum Gasteiger partial charge on any atom is -0.497 e. The van der Waals surface area contributed by atoms with Crippen molar-refractivity contribution in [3.05, 3.63) is 40.7 Å². The Balaban J connectivity index is 2.30. The van der Waals surface area contributed by atoms with Crippen molar-refractivity contribution in [2.45, 2.75) is 5.16 Å². The zero-order chi connectivity index (χ0) is 14.5. The van der Waals surface area contributed by atoms with Gasteiger partial charge in [-0.15, -0.1) is 0 Å². The second-order valence-electron chi connectivity index (χ2n) is 3.85. The lowest BCUT2D eigenvalue weighted by Gasteiger charge is -2.04. The quantitative estimate of drug-likeness (QED) is 0.642. The van der Waals surface area contributed by atoms with E-state index in [0.717, 1.165) is 17.3 Å². The summed E-state index contributed by atoms with van der Waals surface area (Å²) in [5, 5.41) is 8.92. The number of H-pyrrole nitrogens is 1. The molecule has 0 aliphatic rings. The molecule has 0 fully saturated rings. The number of aliphatic carboxylic acids is 1. The van der Waals surface area contributed by atoms with Gasteiger partial charge in [-0.1, -0.05) is 11.8 Å². The van der Waals surface area contributed by atoms with E-state index in [1.165, 1.54) is 6.07 Å². The van der Waals surface area contributed by atoms with Crippen LogP contribution in [0.3, 0.4) is 0 Å². The lowest BCUT2D eigenvalue weighted by atomic mass is 10.1. The van der Waals surface area contributed by atoms with Crippen LogP contribution in [0.15, 0.2) is 40.3 Å². The molecule has 2 aromatic rings. The van der Waals surface area contributed by atoms with E-state index in [2.05, 4.69) is 9.97 Å². The van der Waals surface area contributed by atoms with Gasteiger partial charge in [0.1, 0.15) is 5.75 Å². The number of methoxy groups -OCH3 is 1. The van der Waals surface area contributed by atoms with Gasteiger partial charge in [-0.05, 0) is 24.3 Å². The summed E-state index contributed by atoms with van der Waals surface area (Å²) in [5.74, 6) is -0.416. The molecule has 0 aliphatic heterocycles. The second kappa shape index (κ2) is 6.25. The number of ether oxygens (including phenoxy) is 1. The third kappa shape index (κ3) is 3.61. The van der Waals surface area contributed by atoms with Gasteiger partial charge in [0.25, 0.3) is 5.56 Å². The van der Waals surface area contributed by atoms with Gasteiger partial charge in [0.05, 0.1) is 18.6 Å². The first-order chi connectivity index (χ1) is 9.58. The SMILES string of the molecule is COc1ccc(-c2cc(=O)[nH]c(SCC(=O)O)n2)cc1. The van der Waals surface area contributed by atoms with E-state index in [4.69, 9.17) is 9.84 Å². The fourth-order valence-electron chi connectivity index (χ4n) is 1.54. The molecule has 104 valence electrons. The summed E-state index contributed by atoms with van der Waals surface area (Å²) in [6.45, 7) is 0. The lowest BCUT2D eigenvalue weighted by Crippen LogP contribution is -2.09. The van der Waals surface area contributed by atoms with Crippen molar-refractivity contribution in [3.63, 3.8) is 0 Å². The van der Waals surface area contributed by atoms with E-state index in [1.54, 1.807) is 31.4 Å². The molecular formula is C13H12N2O4S. The van der Waals surface area contributed by atoms with Gasteiger partial charge >= 0.3 is 5.97 Å². The number of benzene rings is 1. The Hall–Kier alpha value is -2.28. The van der Waals surface area contributed by atoms with E-state index >= 15 is 0 Å². The van der Waals surface area contributed by atoms with Gasteiger partial charge in [-0.3, -0.25) is 9.59 Å². The van der Waals surface area contributed by atoms with Crippen molar-refractivity contribution in [2.75, 3.05) is 12.9 Å². The number of aromatic nitrogens is 2. The minimum absolute atomic E-state index is 0.158. The summed E-state index contributed by atoms with van der Waals surface area (Å²) in [4.78, 5) is 28.8. The summed E-state index contributed by atoms with van der Waals surface area (Å²) in [5.41, 5.74) is 0.928. The molecule has 6 nitrogen and oxygen atoms in total. The molecule has 2 rings (SSSR count). The van der Waals surface area contributed by atoms with Crippen molar-refractivity contribution in [1.82, 2.24) is 9.97 Å². The fourth-order valence-corrected chi connectivity index (χ4v) is 2.14. The van der Waals surface area contributed by atoms with Crippen LogP contribution < -0.4 is 10.3 Å². The third-order valence-corrected chi connectivity index (χ3v) is 3.30. The molecule has 0 bridgehead atoms. The molecule has 0 radical (unpaired) electrons. The molecule has 0 amide bonds. The van der Waals surface area contributed by atoms with Gasteiger partial charge in [0.2, 0.25) is 0 Å². The number of rotatable bonds is 5. The molecule has 1 heterocycles. The van der Waals surface area contributed by atoms with Gasteiger partial charge in [-0.25, -0.2) is 4.98 Å². The Morgan fingerprint density at radius 1 is 1.40 bits per heavy atom. The maximum absolute atomic E-state index is 11.6. The highest BCUT2D eigenvalue weighted by atomic mass is 32.2. The molecule has 0 atom stereocenters. The van der Waals surface area contributed by atoms with E-state index in [1.807, 2.05) is 0 Å². The van der Waals surface area contributed by atoms with E-state index in [-0.39, 0.29) is 16.5 Å². The van der Waals surface area contributed by atoms with Crippen LogP contribution in [0.4, 0.5) is 0 Å². The average Bonchev–Trinajstić information content (AvgIpc) is 2.44. The van der Waals surface area contributed by atoms with Crippen LogP contribution in [0.5, 0.6) is 5.75 Å². The average molecular weight is 292 g/mol. The smallest absolute Gasteiger partial charge is 0.313 e. The molecule has 2 N–H and O–H groups in total. The second-order valence-corrected chi connectivity index (χ2v) is 4.81. The first-order valence-corrected chi connectivity index (χ1v) is 6.67. The summed E-state index contributed by atoms with van der Waals surface area (Å²) >= 11 is 0.968. The van der Waals surface area contributed by atoms with Crippen molar-refractivity contribution >= 4 is 17.7 Å². The zero-order valence-electron chi connectivity index (χ0n) is 10.6. The molecule has 0 spiro atoms. The number of carbonyl (C=O) groups is 1. The van der Waals surface area contributed by atoms with Gasteiger partial charge in [0, 0.05) is 11.6 Å². The number of aromatic amines is 1. The molecule has 0 saturated carbocycles. The van der Waals surface area contributed by atoms with E-state index in [0.29, 0.717) is 11.4 Å². The molecule has 7 heteroatoms. The van der Waals surface area contributed by atoms with Crippen LogP contribution in [0.2, 0.25) is 0 Å². The van der Waals surface area contributed by atoms with Crippen molar-refractivity contribution in [3.8, 4) is 17.0 Å². The first-order valence-electron chi connectivity index (χ1n) is 5.69. The third-order valence-electron chi connectivity index (χ3n) is 2.44. The number of hydrogen-bond donors (Lipinski definition) is 2. The standard InChI is InChI=1S/C13H12N2O4S/c1-19-9-4-2-8(3-5-9)10-6-11(16)15-13(14-10)20-7-12(17)18/h2-6H,7H2,1H3,(H,17,18)(H,14,15,16). The predicted octanol–water partition coefficient (Wildman–Crippen LogP) is 1.62. The normalized spacial score (nSPS) is 10.2. The van der Waals surface area contributed by atoms with E-state index < -0.39 is 5.97 Å². The Labute approximate surface area is 118 Å². The summed E-state index contributed by atoms with van der Waals surface area (Å²) < 4.78 is 5.06. The summed E-state index contributed by atoms with van der Waals surface area (Å²) in [6, 6.07) is 8.47. The Kier molecular flexibility index (Phi) is 4.41. The van der Waals surface area contributed by atoms with Crippen molar-refractivity contribution in [2.24, 2.45) is 0 Å². The Morgan fingerprint density at radius 3 is 2.70 bits per heavy atom. The topological polar surface area (TPSA) is 92.3 Å². The van der Waals surface area contributed by atoms with Crippen molar-refractivity contribution in [1.29, 1.82) is 0 Å². The van der Waals surface area contributed by atoms with Gasteiger partial charge in [0.15, 0.2) is 5.16 Å². The number of carboxylic acids is 1. The minimum atomic E-state index is -0.965. The Bertz CT molecular complexity index is 667. The zero-order valence-corrected chi connectivity index (χ0v) is 11.4. The molecule has 20 heavy (non-hydrogen) atoms. The predicted molar refractivity (Wildman–Crippen MR) is 75.2 cm³/mol. The molecule has 0 unspecified atom stereocenters. The molecular weight excluding hydrogens is 280 g/mol. The number of nitrogens with zero attached hydrogens (tertiary/aromatic N) is 1. The maximum atomic E-state index is 11.6. The highest BCUT2D eigenvalue weighted by Gasteiger charge is 2.07. The molecule has 1 aromatic carbocycles. The van der Waals surface area contributed by atoms with Gasteiger partial charge < -0.3 is 14.8 Å². The molecule has 0 aliphatic carbocycles.